The Hall–Kier alpha value is -0.990. The minimum Gasteiger partial charge on any atom is -0.477 e. The molecule has 0 spiro atoms. The lowest BCUT2D eigenvalue weighted by molar-refractivity contribution is 0.323. The molecule has 1 aromatic heterocycles. The molecule has 3 heteroatoms. The number of aromatic nitrogens is 2. The van der Waals surface area contributed by atoms with Gasteiger partial charge in [0.2, 0.25) is 5.88 Å². The molecule has 0 N–H and O–H groups in total. The zero-order valence-corrected chi connectivity index (χ0v) is 7.66. The average Bonchev–Trinajstić information content (AvgIpc) is 2.41. The summed E-state index contributed by atoms with van der Waals surface area (Å²) in [6, 6.07) is 1.84. The maximum Gasteiger partial charge on any atom is 0.232 e. The normalized spacial score (nSPS) is 8.36. The van der Waals surface area contributed by atoms with Gasteiger partial charge in [-0.25, -0.2) is 0 Å². The fraction of sp³-hybridized carbons (Fsp3) is 0.625. The molecule has 0 amide bonds. The zero-order chi connectivity index (χ0) is 8.69. The molecule has 3 nitrogen and oxygen atoms in total. The predicted octanol–water partition coefficient (Wildman–Crippen LogP) is 1.84. The summed E-state index contributed by atoms with van der Waals surface area (Å²) in [7, 11) is 1.86. The van der Waals surface area contributed by atoms with E-state index < -0.39 is 0 Å². The molecule has 64 valence electrons. The van der Waals surface area contributed by atoms with E-state index in [1.165, 1.54) is 0 Å². The van der Waals surface area contributed by atoms with Gasteiger partial charge in [0.15, 0.2) is 0 Å². The van der Waals surface area contributed by atoms with Crippen molar-refractivity contribution in [2.45, 2.75) is 20.8 Å². The lowest BCUT2D eigenvalue weighted by atomic mass is 10.7. The molecule has 1 aromatic rings. The summed E-state index contributed by atoms with van der Waals surface area (Å²) in [6.45, 7) is 6.62. The first-order valence-corrected chi connectivity index (χ1v) is 3.95. The largest absolute Gasteiger partial charge is 0.477 e. The number of hydrogen-bond acceptors (Lipinski definition) is 2. The average molecular weight is 156 g/mol. The number of hydrogen-bond donors (Lipinski definition) is 0. The summed E-state index contributed by atoms with van der Waals surface area (Å²) in [5.41, 5.74) is 0. The summed E-state index contributed by atoms with van der Waals surface area (Å²) in [6.07, 6.45) is 1.85. The second-order valence-electron chi connectivity index (χ2n) is 1.76. The topological polar surface area (TPSA) is 27.1 Å². The molecule has 0 aromatic carbocycles. The molecule has 11 heavy (non-hydrogen) atoms. The number of rotatable bonds is 2. The Morgan fingerprint density at radius 1 is 1.55 bits per heavy atom. The van der Waals surface area contributed by atoms with Crippen LogP contribution < -0.4 is 4.74 Å². The molecule has 0 radical (unpaired) electrons. The van der Waals surface area contributed by atoms with E-state index in [4.69, 9.17) is 4.74 Å². The van der Waals surface area contributed by atoms with E-state index >= 15 is 0 Å². The summed E-state index contributed by atoms with van der Waals surface area (Å²) in [5.74, 6) is 0.694. The first kappa shape index (κ1) is 10.0. The number of ether oxygens (including phenoxy) is 1. The van der Waals surface area contributed by atoms with Crippen molar-refractivity contribution >= 4 is 0 Å². The van der Waals surface area contributed by atoms with Crippen molar-refractivity contribution in [2.75, 3.05) is 6.61 Å². The summed E-state index contributed by atoms with van der Waals surface area (Å²) >= 11 is 0. The Morgan fingerprint density at radius 2 is 2.18 bits per heavy atom. The van der Waals surface area contributed by atoms with Crippen LogP contribution in [0.4, 0.5) is 0 Å². The first-order valence-electron chi connectivity index (χ1n) is 3.95. The quantitative estimate of drug-likeness (QED) is 0.653. The van der Waals surface area contributed by atoms with Crippen LogP contribution >= 0.6 is 0 Å². The lowest BCUT2D eigenvalue weighted by Crippen LogP contribution is -1.93. The van der Waals surface area contributed by atoms with Crippen LogP contribution in [0.2, 0.25) is 0 Å². The number of nitrogens with zero attached hydrogens (tertiary/aromatic N) is 2. The van der Waals surface area contributed by atoms with Gasteiger partial charge in [-0.15, -0.1) is 5.10 Å². The molecule has 0 aliphatic heterocycles. The highest BCUT2D eigenvalue weighted by atomic mass is 16.5. The van der Waals surface area contributed by atoms with Crippen LogP contribution in [0.3, 0.4) is 0 Å². The highest BCUT2D eigenvalue weighted by Crippen LogP contribution is 2.02. The van der Waals surface area contributed by atoms with Gasteiger partial charge in [0.25, 0.3) is 0 Å². The first-order chi connectivity index (χ1) is 5.33. The van der Waals surface area contributed by atoms with Crippen molar-refractivity contribution in [2.24, 2.45) is 7.05 Å². The minimum absolute atomic E-state index is 0.678. The van der Waals surface area contributed by atoms with E-state index in [0.29, 0.717) is 12.5 Å². The molecule has 0 unspecified atom stereocenters. The highest BCUT2D eigenvalue weighted by molar-refractivity contribution is 5.04. The van der Waals surface area contributed by atoms with Gasteiger partial charge in [0, 0.05) is 19.3 Å². The van der Waals surface area contributed by atoms with Crippen LogP contribution in [-0.4, -0.2) is 16.4 Å². The van der Waals surface area contributed by atoms with Crippen molar-refractivity contribution in [3.05, 3.63) is 12.3 Å². The second-order valence-corrected chi connectivity index (χ2v) is 1.76. The van der Waals surface area contributed by atoms with Crippen LogP contribution in [0.1, 0.15) is 20.8 Å². The summed E-state index contributed by atoms with van der Waals surface area (Å²) in [4.78, 5) is 0. The minimum atomic E-state index is 0.678. The maximum absolute atomic E-state index is 5.09. The van der Waals surface area contributed by atoms with Crippen molar-refractivity contribution in [1.82, 2.24) is 9.78 Å². The Bertz CT molecular complexity index is 184. The van der Waals surface area contributed by atoms with E-state index in [2.05, 4.69) is 5.10 Å². The molecule has 1 rings (SSSR count). The molecule has 0 aliphatic carbocycles. The molecule has 0 bridgehead atoms. The zero-order valence-electron chi connectivity index (χ0n) is 7.66. The van der Waals surface area contributed by atoms with Gasteiger partial charge < -0.3 is 4.74 Å². The third-order valence-electron chi connectivity index (χ3n) is 0.981. The van der Waals surface area contributed by atoms with Crippen LogP contribution in [-0.2, 0) is 7.05 Å². The van der Waals surface area contributed by atoms with Gasteiger partial charge >= 0.3 is 0 Å². The molecular weight excluding hydrogens is 140 g/mol. The van der Waals surface area contributed by atoms with Gasteiger partial charge in [-0.05, 0) is 6.92 Å². The van der Waals surface area contributed by atoms with E-state index in [-0.39, 0.29) is 0 Å². The highest BCUT2D eigenvalue weighted by Gasteiger charge is 1.91. The van der Waals surface area contributed by atoms with Gasteiger partial charge in [0.1, 0.15) is 0 Å². The Kier molecular flexibility index (Phi) is 5.25. The third kappa shape index (κ3) is 3.65. The van der Waals surface area contributed by atoms with Gasteiger partial charge in [0.05, 0.1) is 6.61 Å². The molecule has 0 atom stereocenters. The van der Waals surface area contributed by atoms with E-state index in [1.54, 1.807) is 4.68 Å². The van der Waals surface area contributed by atoms with Crippen LogP contribution in [0.15, 0.2) is 12.3 Å². The molecule has 0 fully saturated rings. The van der Waals surface area contributed by atoms with Crippen LogP contribution in [0.5, 0.6) is 5.88 Å². The fourth-order valence-electron chi connectivity index (χ4n) is 0.619. The molecule has 0 saturated carbocycles. The Balaban J connectivity index is 0.000000461. The van der Waals surface area contributed by atoms with Crippen LogP contribution in [0, 0.1) is 0 Å². The van der Waals surface area contributed by atoms with Crippen molar-refractivity contribution < 1.29 is 4.74 Å². The smallest absolute Gasteiger partial charge is 0.232 e. The third-order valence-corrected chi connectivity index (χ3v) is 0.981. The van der Waals surface area contributed by atoms with Crippen LogP contribution in [0.25, 0.3) is 0 Å². The SMILES string of the molecule is CC.CCOc1ccn(C)n1. The van der Waals surface area contributed by atoms with Crippen molar-refractivity contribution in [1.29, 1.82) is 0 Å². The standard InChI is InChI=1S/C6H10N2O.C2H6/c1-3-9-6-4-5-8(2)7-6;1-2/h4-5H,3H2,1-2H3;1-2H3. The van der Waals surface area contributed by atoms with Gasteiger partial charge in [-0.2, -0.15) is 0 Å². The molecule has 0 aliphatic rings. The van der Waals surface area contributed by atoms with Gasteiger partial charge in [-0.1, -0.05) is 13.8 Å². The summed E-state index contributed by atoms with van der Waals surface area (Å²) < 4.78 is 6.81. The molecule has 0 saturated heterocycles. The van der Waals surface area contributed by atoms with Gasteiger partial charge in [-0.3, -0.25) is 4.68 Å². The predicted molar refractivity (Wildman–Crippen MR) is 45.7 cm³/mol. The fourth-order valence-corrected chi connectivity index (χ4v) is 0.619. The molecule has 1 heterocycles. The Morgan fingerprint density at radius 3 is 2.55 bits per heavy atom. The number of aryl methyl sites for hydroxylation is 1. The maximum atomic E-state index is 5.09. The second kappa shape index (κ2) is 5.77. The van der Waals surface area contributed by atoms with E-state index in [9.17, 15) is 0 Å². The van der Waals surface area contributed by atoms with Crippen molar-refractivity contribution in [3.63, 3.8) is 0 Å². The summed E-state index contributed by atoms with van der Waals surface area (Å²) in [5, 5.41) is 3.99. The Labute approximate surface area is 68.0 Å². The monoisotopic (exact) mass is 156 g/mol. The lowest BCUT2D eigenvalue weighted by Gasteiger charge is -1.93. The van der Waals surface area contributed by atoms with E-state index in [1.807, 2.05) is 40.1 Å². The molecular formula is C8H16N2O. The van der Waals surface area contributed by atoms with Crippen molar-refractivity contribution in [3.8, 4) is 5.88 Å². The van der Waals surface area contributed by atoms with E-state index in [0.717, 1.165) is 0 Å².